The van der Waals surface area contributed by atoms with Crippen LogP contribution in [0.25, 0.3) is 0 Å². The molecule has 0 radical (unpaired) electrons. The number of benzene rings is 1. The van der Waals surface area contributed by atoms with E-state index < -0.39 is 5.97 Å². The standard InChI is InChI=1S/C15H19BrN2O3/c16-13-4-1-11(2-5-13)9-17-15(21)18-8-7-12(10-18)3-6-14(19)20/h1-2,4-5,12H,3,6-10H2,(H,17,21)(H,19,20). The van der Waals surface area contributed by atoms with E-state index in [1.54, 1.807) is 4.90 Å². The number of hydrogen-bond donors (Lipinski definition) is 2. The number of nitrogens with zero attached hydrogens (tertiary/aromatic N) is 1. The molecule has 1 aromatic carbocycles. The minimum atomic E-state index is -0.770. The molecule has 1 aliphatic heterocycles. The van der Waals surface area contributed by atoms with E-state index in [1.165, 1.54) is 0 Å². The first-order valence-electron chi connectivity index (χ1n) is 7.03. The van der Waals surface area contributed by atoms with E-state index in [0.717, 1.165) is 16.5 Å². The monoisotopic (exact) mass is 354 g/mol. The Morgan fingerprint density at radius 1 is 1.33 bits per heavy atom. The van der Waals surface area contributed by atoms with E-state index in [4.69, 9.17) is 5.11 Å². The van der Waals surface area contributed by atoms with Crippen LogP contribution in [0.4, 0.5) is 4.79 Å². The van der Waals surface area contributed by atoms with Crippen molar-refractivity contribution in [3.05, 3.63) is 34.3 Å². The number of carboxylic acid groups (broad SMARTS) is 1. The molecule has 2 N–H and O–H groups in total. The first kappa shape index (κ1) is 15.8. The lowest BCUT2D eigenvalue weighted by molar-refractivity contribution is -0.137. The van der Waals surface area contributed by atoms with Crippen molar-refractivity contribution >= 4 is 27.9 Å². The van der Waals surface area contributed by atoms with Gasteiger partial charge in [-0.25, -0.2) is 4.79 Å². The SMILES string of the molecule is O=C(O)CCC1CCN(C(=O)NCc2ccc(Br)cc2)C1. The third-order valence-corrected chi connectivity index (χ3v) is 4.23. The largest absolute Gasteiger partial charge is 0.481 e. The van der Waals surface area contributed by atoms with Crippen molar-refractivity contribution in [2.45, 2.75) is 25.8 Å². The molecule has 1 unspecified atom stereocenters. The number of rotatable bonds is 5. The number of aliphatic carboxylic acids is 1. The van der Waals surface area contributed by atoms with Gasteiger partial charge in [0.25, 0.3) is 0 Å². The highest BCUT2D eigenvalue weighted by Gasteiger charge is 2.26. The zero-order valence-corrected chi connectivity index (χ0v) is 13.3. The molecule has 21 heavy (non-hydrogen) atoms. The van der Waals surface area contributed by atoms with Crippen LogP contribution in [0.2, 0.25) is 0 Å². The molecule has 0 aromatic heterocycles. The van der Waals surface area contributed by atoms with E-state index in [1.807, 2.05) is 24.3 Å². The van der Waals surface area contributed by atoms with Crippen molar-refractivity contribution in [1.82, 2.24) is 10.2 Å². The van der Waals surface area contributed by atoms with Crippen molar-refractivity contribution < 1.29 is 14.7 Å². The summed E-state index contributed by atoms with van der Waals surface area (Å²) in [7, 11) is 0. The minimum Gasteiger partial charge on any atom is -0.481 e. The lowest BCUT2D eigenvalue weighted by Crippen LogP contribution is -2.38. The van der Waals surface area contributed by atoms with Crippen LogP contribution in [0.5, 0.6) is 0 Å². The number of likely N-dealkylation sites (tertiary alicyclic amines) is 1. The molecule has 2 rings (SSSR count). The van der Waals surface area contributed by atoms with Gasteiger partial charge in [-0.1, -0.05) is 28.1 Å². The highest BCUT2D eigenvalue weighted by atomic mass is 79.9. The second-order valence-electron chi connectivity index (χ2n) is 5.32. The van der Waals surface area contributed by atoms with Crippen LogP contribution < -0.4 is 5.32 Å². The van der Waals surface area contributed by atoms with Gasteiger partial charge in [0, 0.05) is 30.5 Å². The van der Waals surface area contributed by atoms with Gasteiger partial charge in [-0.2, -0.15) is 0 Å². The van der Waals surface area contributed by atoms with E-state index in [-0.39, 0.29) is 12.5 Å². The summed E-state index contributed by atoms with van der Waals surface area (Å²) in [4.78, 5) is 24.4. The van der Waals surface area contributed by atoms with Crippen molar-refractivity contribution in [3.8, 4) is 0 Å². The molecule has 1 atom stereocenters. The number of hydrogen-bond acceptors (Lipinski definition) is 2. The number of urea groups is 1. The van der Waals surface area contributed by atoms with Gasteiger partial charge in [0.1, 0.15) is 0 Å². The fourth-order valence-corrected chi connectivity index (χ4v) is 2.74. The zero-order chi connectivity index (χ0) is 15.2. The van der Waals surface area contributed by atoms with Crippen LogP contribution in [-0.2, 0) is 11.3 Å². The average molecular weight is 355 g/mol. The van der Waals surface area contributed by atoms with Crippen molar-refractivity contribution in [1.29, 1.82) is 0 Å². The predicted molar refractivity (Wildman–Crippen MR) is 82.9 cm³/mol. The zero-order valence-electron chi connectivity index (χ0n) is 11.7. The minimum absolute atomic E-state index is 0.0734. The number of carboxylic acids is 1. The van der Waals surface area contributed by atoms with Crippen LogP contribution >= 0.6 is 15.9 Å². The van der Waals surface area contributed by atoms with Crippen LogP contribution in [0.15, 0.2) is 28.7 Å². The van der Waals surface area contributed by atoms with E-state index in [0.29, 0.717) is 32.0 Å². The molecule has 0 saturated carbocycles. The molecule has 6 heteroatoms. The third kappa shape index (κ3) is 5.04. The van der Waals surface area contributed by atoms with Gasteiger partial charge in [0.05, 0.1) is 0 Å². The number of carbonyl (C=O) groups is 2. The quantitative estimate of drug-likeness (QED) is 0.853. The molecule has 1 aliphatic rings. The molecule has 0 spiro atoms. The van der Waals surface area contributed by atoms with Crippen molar-refractivity contribution in [3.63, 3.8) is 0 Å². The van der Waals surface area contributed by atoms with Gasteiger partial charge in [0.2, 0.25) is 0 Å². The Bertz CT molecular complexity index is 504. The molecule has 0 aliphatic carbocycles. The Morgan fingerprint density at radius 3 is 2.71 bits per heavy atom. The number of nitrogens with one attached hydrogen (secondary N) is 1. The summed E-state index contributed by atoms with van der Waals surface area (Å²) in [5.74, 6) is -0.465. The molecule has 1 fully saturated rings. The highest BCUT2D eigenvalue weighted by molar-refractivity contribution is 9.10. The molecule has 5 nitrogen and oxygen atoms in total. The average Bonchev–Trinajstić information content (AvgIpc) is 2.93. The maximum atomic E-state index is 12.1. The lowest BCUT2D eigenvalue weighted by atomic mass is 10.0. The summed E-state index contributed by atoms with van der Waals surface area (Å²) in [6.45, 7) is 1.86. The fraction of sp³-hybridized carbons (Fsp3) is 0.467. The maximum Gasteiger partial charge on any atom is 0.317 e. The van der Waals surface area contributed by atoms with E-state index in [2.05, 4.69) is 21.2 Å². The smallest absolute Gasteiger partial charge is 0.317 e. The first-order valence-corrected chi connectivity index (χ1v) is 7.83. The second-order valence-corrected chi connectivity index (χ2v) is 6.23. The molecule has 1 aromatic rings. The Morgan fingerprint density at radius 2 is 2.05 bits per heavy atom. The summed E-state index contributed by atoms with van der Waals surface area (Å²) < 4.78 is 1.01. The Balaban J connectivity index is 1.74. The van der Waals surface area contributed by atoms with Gasteiger partial charge >= 0.3 is 12.0 Å². The fourth-order valence-electron chi connectivity index (χ4n) is 2.47. The highest BCUT2D eigenvalue weighted by Crippen LogP contribution is 2.21. The topological polar surface area (TPSA) is 69.6 Å². The Labute approximate surface area is 132 Å². The molecular weight excluding hydrogens is 336 g/mol. The normalized spacial score (nSPS) is 17.8. The summed E-state index contributed by atoms with van der Waals surface area (Å²) in [5, 5.41) is 11.6. The molecule has 114 valence electrons. The van der Waals surface area contributed by atoms with Gasteiger partial charge in [-0.05, 0) is 36.5 Å². The van der Waals surface area contributed by atoms with E-state index >= 15 is 0 Å². The van der Waals surface area contributed by atoms with Crippen molar-refractivity contribution in [2.24, 2.45) is 5.92 Å². The van der Waals surface area contributed by atoms with Crippen molar-refractivity contribution in [2.75, 3.05) is 13.1 Å². The molecule has 1 heterocycles. The second kappa shape index (κ2) is 7.45. The van der Waals surface area contributed by atoms with Gasteiger partial charge in [0.15, 0.2) is 0 Å². The number of amides is 2. The summed E-state index contributed by atoms with van der Waals surface area (Å²) in [6, 6.07) is 7.74. The molecule has 0 bridgehead atoms. The summed E-state index contributed by atoms with van der Waals surface area (Å²) >= 11 is 3.37. The van der Waals surface area contributed by atoms with Gasteiger partial charge in [-0.15, -0.1) is 0 Å². The molecule has 1 saturated heterocycles. The number of halogens is 1. The van der Waals surface area contributed by atoms with Gasteiger partial charge < -0.3 is 15.3 Å². The van der Waals surface area contributed by atoms with Crippen LogP contribution in [-0.4, -0.2) is 35.1 Å². The van der Waals surface area contributed by atoms with Crippen LogP contribution in [0.1, 0.15) is 24.8 Å². The first-order chi connectivity index (χ1) is 10.0. The molecular formula is C15H19BrN2O3. The number of carbonyl (C=O) groups excluding carboxylic acids is 1. The summed E-state index contributed by atoms with van der Waals surface area (Å²) in [5.41, 5.74) is 1.05. The van der Waals surface area contributed by atoms with E-state index in [9.17, 15) is 9.59 Å². The maximum absolute atomic E-state index is 12.1. The third-order valence-electron chi connectivity index (χ3n) is 3.70. The Kier molecular flexibility index (Phi) is 5.61. The molecule has 2 amide bonds. The van der Waals surface area contributed by atoms with Gasteiger partial charge in [-0.3, -0.25) is 4.79 Å². The Hall–Kier alpha value is -1.56. The van der Waals surface area contributed by atoms with Crippen LogP contribution in [0, 0.1) is 5.92 Å². The lowest BCUT2D eigenvalue weighted by Gasteiger charge is -2.17. The summed E-state index contributed by atoms with van der Waals surface area (Å²) in [6.07, 6.45) is 1.71. The predicted octanol–water partition coefficient (Wildman–Crippen LogP) is 2.85. The van der Waals surface area contributed by atoms with Crippen LogP contribution in [0.3, 0.4) is 0 Å².